The molecule has 7 nitrogen and oxygen atoms in total. The molecule has 0 atom stereocenters. The number of halogens is 1. The van der Waals surface area contributed by atoms with Gasteiger partial charge in [-0.1, -0.05) is 43.0 Å². The van der Waals surface area contributed by atoms with Gasteiger partial charge in [-0.25, -0.2) is 4.79 Å². The zero-order chi connectivity index (χ0) is 27.0. The molecule has 38 heavy (non-hydrogen) atoms. The number of ether oxygens (including phenoxy) is 4. The number of methoxy groups -OCH3 is 1. The number of carbonyl (C=O) groups is 2. The molecule has 1 aromatic carbocycles. The molecule has 9 heteroatoms. The summed E-state index contributed by atoms with van der Waals surface area (Å²) in [7, 11) is 1.38. The lowest BCUT2D eigenvalue weighted by Crippen LogP contribution is -2.27. The van der Waals surface area contributed by atoms with Crippen LogP contribution in [-0.2, 0) is 30.3 Å². The Morgan fingerprint density at radius 3 is 2.32 bits per heavy atom. The van der Waals surface area contributed by atoms with Crippen LogP contribution in [0.25, 0.3) is 21.5 Å². The molecule has 0 radical (unpaired) electrons. The van der Waals surface area contributed by atoms with E-state index in [4.69, 9.17) is 30.5 Å². The normalized spacial score (nSPS) is 17.3. The van der Waals surface area contributed by atoms with E-state index in [2.05, 4.69) is 0 Å². The maximum Gasteiger partial charge on any atom is 0.348 e. The minimum Gasteiger partial charge on any atom is -0.465 e. The lowest BCUT2D eigenvalue weighted by Gasteiger charge is -2.24. The van der Waals surface area contributed by atoms with Crippen molar-refractivity contribution >= 4 is 45.1 Å². The fraction of sp³-hybridized carbons (Fsp3) is 0.517. The van der Waals surface area contributed by atoms with E-state index in [1.807, 2.05) is 49.6 Å². The fourth-order valence-corrected chi connectivity index (χ4v) is 7.08. The average Bonchev–Trinajstić information content (AvgIpc) is 3.59. The van der Waals surface area contributed by atoms with E-state index in [1.165, 1.54) is 24.9 Å². The number of rotatable bonds is 6. The molecule has 0 N–H and O–H groups in total. The van der Waals surface area contributed by atoms with Crippen LogP contribution in [0.1, 0.15) is 85.9 Å². The third-order valence-electron chi connectivity index (χ3n) is 7.03. The van der Waals surface area contributed by atoms with Gasteiger partial charge in [-0.05, 0) is 62.8 Å². The Morgan fingerprint density at radius 1 is 1.05 bits per heavy atom. The monoisotopic (exact) mass is 559 g/mol. The summed E-state index contributed by atoms with van der Waals surface area (Å²) in [5, 5.41) is 0.640. The number of aromatic nitrogens is 1. The van der Waals surface area contributed by atoms with Gasteiger partial charge in [-0.2, -0.15) is 0 Å². The molecule has 0 amide bonds. The topological polar surface area (TPSA) is 76.0 Å². The van der Waals surface area contributed by atoms with Crippen molar-refractivity contribution in [2.24, 2.45) is 0 Å². The minimum atomic E-state index is -0.720. The Hall–Kier alpha value is -2.39. The van der Waals surface area contributed by atoms with Crippen LogP contribution in [0, 0.1) is 0 Å². The van der Waals surface area contributed by atoms with Crippen LogP contribution in [0.15, 0.2) is 24.3 Å². The number of thiophene rings is 1. The predicted octanol–water partition coefficient (Wildman–Crippen LogP) is 7.24. The van der Waals surface area contributed by atoms with Crippen molar-refractivity contribution in [1.29, 1.82) is 0 Å². The molecule has 0 bridgehead atoms. The van der Waals surface area contributed by atoms with Gasteiger partial charge in [0.2, 0.25) is 0 Å². The van der Waals surface area contributed by atoms with Crippen molar-refractivity contribution in [3.63, 3.8) is 0 Å². The van der Waals surface area contributed by atoms with Gasteiger partial charge in [0.15, 0.2) is 6.29 Å². The summed E-state index contributed by atoms with van der Waals surface area (Å²) in [5.41, 5.74) is 3.83. The van der Waals surface area contributed by atoms with Crippen molar-refractivity contribution in [3.8, 4) is 11.3 Å². The van der Waals surface area contributed by atoms with Crippen molar-refractivity contribution in [2.75, 3.05) is 20.3 Å². The summed E-state index contributed by atoms with van der Waals surface area (Å²) < 4.78 is 25.8. The maximum atomic E-state index is 13.3. The van der Waals surface area contributed by atoms with Gasteiger partial charge < -0.3 is 23.5 Å². The second-order valence-corrected chi connectivity index (χ2v) is 12.3. The zero-order valence-corrected chi connectivity index (χ0v) is 23.9. The van der Waals surface area contributed by atoms with Crippen molar-refractivity contribution in [3.05, 3.63) is 45.3 Å². The molecule has 1 saturated carbocycles. The zero-order valence-electron chi connectivity index (χ0n) is 22.3. The number of hydrogen-bond acceptors (Lipinski definition) is 7. The van der Waals surface area contributed by atoms with Crippen molar-refractivity contribution in [1.82, 2.24) is 4.57 Å². The first-order valence-corrected chi connectivity index (χ1v) is 14.4. The van der Waals surface area contributed by atoms with Crippen LogP contribution in [0.5, 0.6) is 0 Å². The Balaban J connectivity index is 1.82. The van der Waals surface area contributed by atoms with Crippen LogP contribution in [-0.4, -0.2) is 42.4 Å². The average molecular weight is 560 g/mol. The molecule has 1 aliphatic heterocycles. The van der Waals surface area contributed by atoms with E-state index in [-0.39, 0.29) is 12.5 Å². The molecule has 1 saturated heterocycles. The Labute approximate surface area is 232 Å². The maximum absolute atomic E-state index is 13.3. The van der Waals surface area contributed by atoms with Crippen LogP contribution in [0.2, 0.25) is 5.02 Å². The van der Waals surface area contributed by atoms with Crippen molar-refractivity contribution in [2.45, 2.75) is 77.2 Å². The molecule has 5 rings (SSSR count). The Kier molecular flexibility index (Phi) is 7.87. The number of nitrogens with zero attached hydrogens (tertiary/aromatic N) is 1. The molecular weight excluding hydrogens is 526 g/mol. The quantitative estimate of drug-likeness (QED) is 0.296. The van der Waals surface area contributed by atoms with Gasteiger partial charge in [0.05, 0.1) is 41.8 Å². The number of benzene rings is 1. The van der Waals surface area contributed by atoms with E-state index in [0.717, 1.165) is 52.7 Å². The molecule has 0 unspecified atom stereocenters. The van der Waals surface area contributed by atoms with E-state index in [9.17, 15) is 9.59 Å². The third-order valence-corrected chi connectivity index (χ3v) is 8.49. The highest BCUT2D eigenvalue weighted by atomic mass is 35.5. The largest absolute Gasteiger partial charge is 0.465 e. The van der Waals surface area contributed by atoms with Crippen LogP contribution in [0.3, 0.4) is 0 Å². The smallest absolute Gasteiger partial charge is 0.348 e. The first kappa shape index (κ1) is 27.2. The fourth-order valence-electron chi connectivity index (χ4n) is 5.59. The molecule has 3 heterocycles. The molecule has 2 fully saturated rings. The van der Waals surface area contributed by atoms with Crippen LogP contribution < -0.4 is 0 Å². The number of esters is 2. The van der Waals surface area contributed by atoms with Gasteiger partial charge in [0.25, 0.3) is 0 Å². The summed E-state index contributed by atoms with van der Waals surface area (Å²) >= 11 is 7.66. The predicted molar refractivity (Wildman–Crippen MR) is 148 cm³/mol. The second-order valence-electron chi connectivity index (χ2n) is 10.9. The Morgan fingerprint density at radius 2 is 1.71 bits per heavy atom. The molecular formula is C29H34ClNO6S. The SMILES string of the molecule is COC(=O)c1sc2c(C3CCCCC3)c(-c3ccc(Cl)cc3)n(CC(=O)OC(C)(C)C)c2c1C1OCCO1. The van der Waals surface area contributed by atoms with Gasteiger partial charge in [-0.15, -0.1) is 11.3 Å². The minimum absolute atomic E-state index is 0.0183. The summed E-state index contributed by atoms with van der Waals surface area (Å²) in [4.78, 5) is 26.8. The molecule has 204 valence electrons. The number of hydrogen-bond donors (Lipinski definition) is 0. The Bertz CT molecular complexity index is 1320. The van der Waals surface area contributed by atoms with Gasteiger partial charge in [-0.3, -0.25) is 4.79 Å². The van der Waals surface area contributed by atoms with E-state index in [0.29, 0.717) is 34.6 Å². The highest BCUT2D eigenvalue weighted by Gasteiger charge is 2.37. The highest BCUT2D eigenvalue weighted by Crippen LogP contribution is 2.50. The van der Waals surface area contributed by atoms with Gasteiger partial charge >= 0.3 is 11.9 Å². The van der Waals surface area contributed by atoms with E-state index >= 15 is 0 Å². The number of carbonyl (C=O) groups excluding carboxylic acids is 2. The first-order chi connectivity index (χ1) is 18.2. The molecule has 2 aromatic heterocycles. The lowest BCUT2D eigenvalue weighted by molar-refractivity contribution is -0.155. The van der Waals surface area contributed by atoms with E-state index in [1.54, 1.807) is 0 Å². The van der Waals surface area contributed by atoms with Crippen LogP contribution >= 0.6 is 22.9 Å². The van der Waals surface area contributed by atoms with E-state index < -0.39 is 17.9 Å². The van der Waals surface area contributed by atoms with Crippen molar-refractivity contribution < 1.29 is 28.5 Å². The molecule has 1 aliphatic carbocycles. The summed E-state index contributed by atoms with van der Waals surface area (Å²) in [5.74, 6) is -0.504. The summed E-state index contributed by atoms with van der Waals surface area (Å²) in [6, 6.07) is 7.71. The first-order valence-electron chi connectivity index (χ1n) is 13.2. The molecule has 0 spiro atoms. The molecule has 2 aliphatic rings. The van der Waals surface area contributed by atoms with Gasteiger partial charge in [0.1, 0.15) is 17.0 Å². The van der Waals surface area contributed by atoms with Crippen LogP contribution in [0.4, 0.5) is 0 Å². The highest BCUT2D eigenvalue weighted by molar-refractivity contribution is 7.21. The summed E-state index contributed by atoms with van der Waals surface area (Å²) in [6.07, 6.45) is 4.86. The summed E-state index contributed by atoms with van der Waals surface area (Å²) in [6.45, 7) is 6.40. The molecule has 3 aromatic rings. The number of fused-ring (bicyclic) bond motifs is 1. The van der Waals surface area contributed by atoms with Gasteiger partial charge in [0, 0.05) is 5.02 Å². The second kappa shape index (κ2) is 11.0. The third kappa shape index (κ3) is 5.37. The lowest BCUT2D eigenvalue weighted by atomic mass is 9.83. The standard InChI is InChI=1S/C29H34ClNO6S/c1-29(2,3)37-20(32)16-31-23(18-10-12-19(30)13-11-18)21(17-8-6-5-7-9-17)25-24(31)22(28-35-14-15-36-28)26(38-25)27(33)34-4/h10-13,17,28H,5-9,14-16H2,1-4H3.